The molecule has 0 radical (unpaired) electrons. The summed E-state index contributed by atoms with van der Waals surface area (Å²) in [4.78, 5) is 11.9. The molecular formula is C16H22ClNO3. The van der Waals surface area contributed by atoms with Crippen LogP contribution in [-0.4, -0.2) is 22.4 Å². The largest absolute Gasteiger partial charge is 0.444 e. The van der Waals surface area contributed by atoms with Gasteiger partial charge in [0.15, 0.2) is 0 Å². The molecule has 5 heteroatoms. The maximum absolute atomic E-state index is 11.9. The average Bonchev–Trinajstić information content (AvgIpc) is 3.04. The SMILES string of the molecule is CC(C)(C)OC(=O)Nc1cc(Cl)ccc1CCC1(O)CC1. The van der Waals surface area contributed by atoms with Crippen LogP contribution in [0.3, 0.4) is 0 Å². The molecule has 0 aromatic heterocycles. The third-order valence-corrected chi connectivity index (χ3v) is 3.63. The Kier molecular flexibility index (Phi) is 4.49. The van der Waals surface area contributed by atoms with Crippen molar-refractivity contribution in [2.75, 3.05) is 5.32 Å². The van der Waals surface area contributed by atoms with E-state index in [9.17, 15) is 9.90 Å². The van der Waals surface area contributed by atoms with Crippen molar-refractivity contribution in [3.8, 4) is 0 Å². The van der Waals surface area contributed by atoms with Crippen LogP contribution < -0.4 is 5.32 Å². The fourth-order valence-electron chi connectivity index (χ4n) is 2.06. The standard InChI is InChI=1S/C16H22ClNO3/c1-15(2,3)21-14(19)18-13-10-12(17)5-4-11(13)6-7-16(20)8-9-16/h4-5,10,20H,6-9H2,1-3H3,(H,18,19). The van der Waals surface area contributed by atoms with Crippen molar-refractivity contribution < 1.29 is 14.6 Å². The summed E-state index contributed by atoms with van der Waals surface area (Å²) in [5.74, 6) is 0. The Balaban J connectivity index is 2.05. The normalized spacial score (nSPS) is 16.4. The highest BCUT2D eigenvalue weighted by Crippen LogP contribution is 2.39. The van der Waals surface area contributed by atoms with E-state index in [1.54, 1.807) is 12.1 Å². The lowest BCUT2D eigenvalue weighted by Gasteiger charge is -2.20. The molecule has 0 atom stereocenters. The Labute approximate surface area is 130 Å². The molecule has 0 saturated heterocycles. The number of aryl methyl sites for hydroxylation is 1. The third-order valence-electron chi connectivity index (χ3n) is 3.39. The Morgan fingerprint density at radius 2 is 2.10 bits per heavy atom. The Bertz CT molecular complexity index is 533. The lowest BCUT2D eigenvalue weighted by molar-refractivity contribution is 0.0636. The van der Waals surface area contributed by atoms with Gasteiger partial charge in [-0.1, -0.05) is 17.7 Å². The summed E-state index contributed by atoms with van der Waals surface area (Å²) in [6.45, 7) is 5.44. The highest BCUT2D eigenvalue weighted by molar-refractivity contribution is 6.31. The number of halogens is 1. The number of aliphatic hydroxyl groups is 1. The zero-order chi connectivity index (χ0) is 15.7. The van der Waals surface area contributed by atoms with Gasteiger partial charge in [-0.25, -0.2) is 4.79 Å². The molecule has 0 bridgehead atoms. The van der Waals surface area contributed by atoms with Crippen molar-refractivity contribution in [2.45, 2.75) is 57.7 Å². The maximum atomic E-state index is 11.9. The van der Waals surface area contributed by atoms with Crippen molar-refractivity contribution in [3.63, 3.8) is 0 Å². The van der Waals surface area contributed by atoms with Crippen molar-refractivity contribution in [2.24, 2.45) is 0 Å². The van der Waals surface area contributed by atoms with Crippen LogP contribution in [0.2, 0.25) is 5.02 Å². The number of carbonyl (C=O) groups is 1. The second-order valence-electron chi connectivity index (χ2n) is 6.65. The van der Waals surface area contributed by atoms with Gasteiger partial charge in [-0.05, 0) is 64.2 Å². The summed E-state index contributed by atoms with van der Waals surface area (Å²) in [6.07, 6.45) is 2.59. The minimum atomic E-state index is -0.550. The first-order chi connectivity index (χ1) is 9.67. The van der Waals surface area contributed by atoms with E-state index < -0.39 is 17.3 Å². The van der Waals surface area contributed by atoms with Gasteiger partial charge < -0.3 is 9.84 Å². The number of nitrogens with one attached hydrogen (secondary N) is 1. The summed E-state index contributed by atoms with van der Waals surface area (Å²) in [6, 6.07) is 5.37. The molecule has 0 unspecified atom stereocenters. The van der Waals surface area contributed by atoms with Crippen LogP contribution in [0.5, 0.6) is 0 Å². The van der Waals surface area contributed by atoms with Gasteiger partial charge in [-0.2, -0.15) is 0 Å². The Morgan fingerprint density at radius 3 is 2.67 bits per heavy atom. The third kappa shape index (κ3) is 5.21. The van der Waals surface area contributed by atoms with E-state index in [0.717, 1.165) is 18.4 Å². The van der Waals surface area contributed by atoms with Crippen molar-refractivity contribution in [3.05, 3.63) is 28.8 Å². The summed E-state index contributed by atoms with van der Waals surface area (Å²) < 4.78 is 5.25. The molecule has 1 aliphatic rings. The fraction of sp³-hybridized carbons (Fsp3) is 0.562. The van der Waals surface area contributed by atoms with Gasteiger partial charge in [0, 0.05) is 10.7 Å². The minimum absolute atomic E-state index is 0.504. The molecule has 0 spiro atoms. The van der Waals surface area contributed by atoms with Crippen LogP contribution in [0, 0.1) is 0 Å². The predicted octanol–water partition coefficient (Wildman–Crippen LogP) is 4.14. The van der Waals surface area contributed by atoms with Crippen LogP contribution in [0.1, 0.15) is 45.6 Å². The number of hydrogen-bond donors (Lipinski definition) is 2. The number of benzene rings is 1. The monoisotopic (exact) mass is 311 g/mol. The van der Waals surface area contributed by atoms with Crippen molar-refractivity contribution >= 4 is 23.4 Å². The summed E-state index contributed by atoms with van der Waals surface area (Å²) in [5.41, 5.74) is 0.529. The van der Waals surface area contributed by atoms with E-state index in [0.29, 0.717) is 23.6 Å². The number of hydrogen-bond acceptors (Lipinski definition) is 3. The first-order valence-corrected chi connectivity index (χ1v) is 7.56. The molecule has 1 fully saturated rings. The molecule has 0 aliphatic heterocycles. The zero-order valence-corrected chi connectivity index (χ0v) is 13.5. The molecule has 0 heterocycles. The van der Waals surface area contributed by atoms with E-state index in [1.165, 1.54) is 0 Å². The predicted molar refractivity (Wildman–Crippen MR) is 83.8 cm³/mol. The molecule has 1 amide bonds. The van der Waals surface area contributed by atoms with Crippen LogP contribution in [0.15, 0.2) is 18.2 Å². The number of ether oxygens (including phenoxy) is 1. The van der Waals surface area contributed by atoms with Gasteiger partial charge in [-0.15, -0.1) is 0 Å². The summed E-state index contributed by atoms with van der Waals surface area (Å²) in [7, 11) is 0. The molecule has 1 aliphatic carbocycles. The molecule has 21 heavy (non-hydrogen) atoms. The van der Waals surface area contributed by atoms with E-state index in [-0.39, 0.29) is 0 Å². The zero-order valence-electron chi connectivity index (χ0n) is 12.7. The molecular weight excluding hydrogens is 290 g/mol. The molecule has 1 aromatic carbocycles. The lowest BCUT2D eigenvalue weighted by atomic mass is 10.0. The number of amides is 1. The van der Waals surface area contributed by atoms with E-state index >= 15 is 0 Å². The van der Waals surface area contributed by atoms with E-state index in [1.807, 2.05) is 26.8 Å². The first kappa shape index (κ1) is 16.1. The van der Waals surface area contributed by atoms with Crippen molar-refractivity contribution in [1.29, 1.82) is 0 Å². The van der Waals surface area contributed by atoms with Crippen LogP contribution in [-0.2, 0) is 11.2 Å². The van der Waals surface area contributed by atoms with Gasteiger partial charge in [-0.3, -0.25) is 5.32 Å². The first-order valence-electron chi connectivity index (χ1n) is 7.18. The van der Waals surface area contributed by atoms with E-state index in [2.05, 4.69) is 5.32 Å². The van der Waals surface area contributed by atoms with Gasteiger partial charge in [0.05, 0.1) is 5.60 Å². The number of anilines is 1. The highest BCUT2D eigenvalue weighted by atomic mass is 35.5. The fourth-order valence-corrected chi connectivity index (χ4v) is 2.23. The second-order valence-corrected chi connectivity index (χ2v) is 7.09. The molecule has 2 rings (SSSR count). The minimum Gasteiger partial charge on any atom is -0.444 e. The quantitative estimate of drug-likeness (QED) is 0.878. The molecule has 116 valence electrons. The lowest BCUT2D eigenvalue weighted by Crippen LogP contribution is -2.27. The molecule has 2 N–H and O–H groups in total. The topological polar surface area (TPSA) is 58.6 Å². The molecule has 1 saturated carbocycles. The summed E-state index contributed by atoms with van der Waals surface area (Å²) in [5, 5.41) is 13.2. The van der Waals surface area contributed by atoms with Gasteiger partial charge in [0.1, 0.15) is 5.60 Å². The van der Waals surface area contributed by atoms with Crippen LogP contribution >= 0.6 is 11.6 Å². The van der Waals surface area contributed by atoms with Crippen LogP contribution in [0.25, 0.3) is 0 Å². The van der Waals surface area contributed by atoms with Gasteiger partial charge in [0.2, 0.25) is 0 Å². The highest BCUT2D eigenvalue weighted by Gasteiger charge is 2.39. The smallest absolute Gasteiger partial charge is 0.412 e. The molecule has 1 aromatic rings. The average molecular weight is 312 g/mol. The summed E-state index contributed by atoms with van der Waals surface area (Å²) >= 11 is 5.99. The molecule has 4 nitrogen and oxygen atoms in total. The van der Waals surface area contributed by atoms with Crippen molar-refractivity contribution in [1.82, 2.24) is 0 Å². The second kappa shape index (κ2) is 5.85. The Hall–Kier alpha value is -1.26. The number of rotatable bonds is 4. The van der Waals surface area contributed by atoms with Crippen LogP contribution in [0.4, 0.5) is 10.5 Å². The Morgan fingerprint density at radius 1 is 1.43 bits per heavy atom. The van der Waals surface area contributed by atoms with Gasteiger partial charge >= 0.3 is 6.09 Å². The maximum Gasteiger partial charge on any atom is 0.412 e. The number of carbonyl (C=O) groups excluding carboxylic acids is 1. The van der Waals surface area contributed by atoms with Gasteiger partial charge in [0.25, 0.3) is 0 Å². The van der Waals surface area contributed by atoms with E-state index in [4.69, 9.17) is 16.3 Å².